The van der Waals surface area contributed by atoms with E-state index in [4.69, 9.17) is 10.8 Å². The molecule has 0 spiro atoms. The van der Waals surface area contributed by atoms with Crippen molar-refractivity contribution in [1.29, 1.82) is 0 Å². The first-order valence-electron chi connectivity index (χ1n) is 5.24. The summed E-state index contributed by atoms with van der Waals surface area (Å²) >= 11 is 2.92. The lowest BCUT2D eigenvalue weighted by Crippen LogP contribution is -2.46. The molecule has 1 aromatic carbocycles. The molecule has 0 saturated heterocycles. The van der Waals surface area contributed by atoms with E-state index >= 15 is 0 Å². The van der Waals surface area contributed by atoms with Gasteiger partial charge >= 0.3 is 0 Å². The molecule has 18 heavy (non-hydrogen) atoms. The molecule has 5 nitrogen and oxygen atoms in total. The molecular weight excluding hydrogens is 327 g/mol. The molecule has 0 atom stereocenters. The molecule has 8 heteroatoms. The molecule has 0 radical (unpaired) electrons. The van der Waals surface area contributed by atoms with Crippen molar-refractivity contribution in [3.05, 3.63) is 22.4 Å². The zero-order valence-corrected chi connectivity index (χ0v) is 11.6. The maximum atomic E-state index is 13.2. The van der Waals surface area contributed by atoms with Crippen molar-refractivity contribution in [2.75, 3.05) is 5.73 Å². The highest BCUT2D eigenvalue weighted by Crippen LogP contribution is 2.28. The molecule has 0 unspecified atom stereocenters. The summed E-state index contributed by atoms with van der Waals surface area (Å²) in [6.45, 7) is 0. The van der Waals surface area contributed by atoms with Gasteiger partial charge in [0.1, 0.15) is 10.7 Å². The zero-order chi connectivity index (χ0) is 13.5. The fourth-order valence-corrected chi connectivity index (χ4v) is 3.64. The van der Waals surface area contributed by atoms with Gasteiger partial charge in [0.25, 0.3) is 0 Å². The van der Waals surface area contributed by atoms with Crippen LogP contribution in [0.5, 0.6) is 0 Å². The first-order valence-corrected chi connectivity index (χ1v) is 7.52. The van der Waals surface area contributed by atoms with E-state index in [1.165, 1.54) is 0 Å². The largest absolute Gasteiger partial charge is 0.398 e. The standard InChI is InChI=1S/C10H12BrFN2O3S/c11-7-3-10(9(13)4-8(7)12)18(16,17)14-5-1-6(15)2-5/h3-6,14-15H,1-2,13H2. The van der Waals surface area contributed by atoms with Crippen molar-refractivity contribution in [2.45, 2.75) is 29.9 Å². The first kappa shape index (κ1) is 13.7. The lowest BCUT2D eigenvalue weighted by atomic mass is 9.91. The van der Waals surface area contributed by atoms with Crippen LogP contribution >= 0.6 is 15.9 Å². The van der Waals surface area contributed by atoms with Gasteiger partial charge in [-0.3, -0.25) is 0 Å². The molecular formula is C10H12BrFN2O3S. The lowest BCUT2D eigenvalue weighted by molar-refractivity contribution is 0.0712. The molecule has 100 valence electrons. The Hall–Kier alpha value is -0.700. The van der Waals surface area contributed by atoms with E-state index in [0.29, 0.717) is 12.8 Å². The van der Waals surface area contributed by atoms with Gasteiger partial charge in [0.05, 0.1) is 16.3 Å². The summed E-state index contributed by atoms with van der Waals surface area (Å²) in [5.74, 6) is -0.620. The van der Waals surface area contributed by atoms with Crippen LogP contribution in [-0.2, 0) is 10.0 Å². The van der Waals surface area contributed by atoms with E-state index in [1.807, 2.05) is 0 Å². The Labute approximate surface area is 112 Å². The molecule has 0 aliphatic heterocycles. The fourth-order valence-electron chi connectivity index (χ4n) is 1.74. The van der Waals surface area contributed by atoms with Gasteiger partial charge < -0.3 is 10.8 Å². The second kappa shape index (κ2) is 4.76. The molecule has 1 aliphatic carbocycles. The van der Waals surface area contributed by atoms with Gasteiger partial charge in [0, 0.05) is 6.04 Å². The van der Waals surface area contributed by atoms with Gasteiger partial charge in [0.15, 0.2) is 0 Å². The lowest BCUT2D eigenvalue weighted by Gasteiger charge is -2.31. The van der Waals surface area contributed by atoms with Gasteiger partial charge in [-0.05, 0) is 40.9 Å². The summed E-state index contributed by atoms with van der Waals surface area (Å²) in [5.41, 5.74) is 5.36. The smallest absolute Gasteiger partial charge is 0.242 e. The van der Waals surface area contributed by atoms with Crippen LogP contribution in [0.3, 0.4) is 0 Å². The van der Waals surface area contributed by atoms with E-state index < -0.39 is 21.9 Å². The second-order valence-corrected chi connectivity index (χ2v) is 6.78. The maximum absolute atomic E-state index is 13.2. The molecule has 0 bridgehead atoms. The zero-order valence-electron chi connectivity index (χ0n) is 9.23. The molecule has 0 amide bonds. The Morgan fingerprint density at radius 2 is 2.06 bits per heavy atom. The number of hydrogen-bond donors (Lipinski definition) is 3. The number of nitrogens with one attached hydrogen (secondary N) is 1. The van der Waals surface area contributed by atoms with Gasteiger partial charge in [-0.1, -0.05) is 0 Å². The second-order valence-electron chi connectivity index (χ2n) is 4.25. The van der Waals surface area contributed by atoms with E-state index in [0.717, 1.165) is 12.1 Å². The Balaban J connectivity index is 2.27. The Morgan fingerprint density at radius 3 is 2.61 bits per heavy atom. The fraction of sp³-hybridized carbons (Fsp3) is 0.400. The number of sulfonamides is 1. The number of halogens is 2. The summed E-state index contributed by atoms with van der Waals surface area (Å²) in [6, 6.07) is 1.78. The van der Waals surface area contributed by atoms with Crippen molar-refractivity contribution in [3.8, 4) is 0 Å². The van der Waals surface area contributed by atoms with Crippen LogP contribution in [0.1, 0.15) is 12.8 Å². The quantitative estimate of drug-likeness (QED) is 0.716. The predicted molar refractivity (Wildman–Crippen MR) is 67.9 cm³/mol. The van der Waals surface area contributed by atoms with Crippen molar-refractivity contribution < 1.29 is 17.9 Å². The molecule has 4 N–H and O–H groups in total. The minimum Gasteiger partial charge on any atom is -0.398 e. The van der Waals surface area contributed by atoms with Gasteiger partial charge in [-0.15, -0.1) is 0 Å². The van der Waals surface area contributed by atoms with E-state index in [2.05, 4.69) is 20.7 Å². The summed E-state index contributed by atoms with van der Waals surface area (Å²) < 4.78 is 39.6. The third-order valence-corrected chi connectivity index (χ3v) is 4.96. The van der Waals surface area contributed by atoms with Crippen LogP contribution in [0.2, 0.25) is 0 Å². The molecule has 1 aliphatic rings. The van der Waals surface area contributed by atoms with Crippen molar-refractivity contribution in [2.24, 2.45) is 0 Å². The van der Waals surface area contributed by atoms with E-state index in [-0.39, 0.29) is 21.1 Å². The average molecular weight is 339 g/mol. The van der Waals surface area contributed by atoms with Crippen LogP contribution in [0, 0.1) is 5.82 Å². The third kappa shape index (κ3) is 2.66. The summed E-state index contributed by atoms with van der Waals surface area (Å²) in [5, 5.41) is 9.10. The minimum absolute atomic E-state index is 0.0331. The van der Waals surface area contributed by atoms with Crippen molar-refractivity contribution in [1.82, 2.24) is 4.72 Å². The number of hydrogen-bond acceptors (Lipinski definition) is 4. The SMILES string of the molecule is Nc1cc(F)c(Br)cc1S(=O)(=O)NC1CC(O)C1. The third-order valence-electron chi connectivity index (χ3n) is 2.78. The number of benzene rings is 1. The number of nitrogen functional groups attached to an aromatic ring is 1. The first-order chi connectivity index (χ1) is 8.29. The number of aliphatic hydroxyl groups is 1. The highest BCUT2D eigenvalue weighted by atomic mass is 79.9. The number of anilines is 1. The summed E-state index contributed by atoms with van der Waals surface area (Å²) in [6.07, 6.45) is 0.290. The van der Waals surface area contributed by atoms with Crippen molar-refractivity contribution in [3.63, 3.8) is 0 Å². The molecule has 0 aromatic heterocycles. The van der Waals surface area contributed by atoms with Crippen LogP contribution in [0.15, 0.2) is 21.5 Å². The predicted octanol–water partition coefficient (Wildman–Crippen LogP) is 0.972. The van der Waals surface area contributed by atoms with Crippen LogP contribution in [-0.4, -0.2) is 25.7 Å². The number of nitrogens with two attached hydrogens (primary N) is 1. The number of rotatable bonds is 3. The summed E-state index contributed by atoms with van der Waals surface area (Å²) in [4.78, 5) is -0.169. The Bertz CT molecular complexity index is 573. The molecule has 1 aromatic rings. The molecule has 1 fully saturated rings. The average Bonchev–Trinajstić information content (AvgIpc) is 2.20. The monoisotopic (exact) mass is 338 g/mol. The van der Waals surface area contributed by atoms with Crippen molar-refractivity contribution >= 4 is 31.6 Å². The van der Waals surface area contributed by atoms with Gasteiger partial charge in [-0.25, -0.2) is 17.5 Å². The van der Waals surface area contributed by atoms with E-state index in [9.17, 15) is 12.8 Å². The normalized spacial score (nSPS) is 23.7. The minimum atomic E-state index is -3.80. The Kier molecular flexibility index (Phi) is 3.63. The Morgan fingerprint density at radius 1 is 1.44 bits per heavy atom. The molecule has 2 rings (SSSR count). The number of aliphatic hydroxyl groups excluding tert-OH is 1. The molecule has 0 heterocycles. The highest BCUT2D eigenvalue weighted by Gasteiger charge is 2.32. The summed E-state index contributed by atoms with van der Waals surface area (Å²) in [7, 11) is -3.80. The maximum Gasteiger partial charge on any atom is 0.242 e. The van der Waals surface area contributed by atoms with Crippen LogP contribution in [0.4, 0.5) is 10.1 Å². The topological polar surface area (TPSA) is 92.4 Å². The highest BCUT2D eigenvalue weighted by molar-refractivity contribution is 9.10. The van der Waals surface area contributed by atoms with E-state index in [1.54, 1.807) is 0 Å². The van der Waals surface area contributed by atoms with Gasteiger partial charge in [0.2, 0.25) is 10.0 Å². The van der Waals surface area contributed by atoms with Crippen LogP contribution < -0.4 is 10.5 Å². The van der Waals surface area contributed by atoms with Gasteiger partial charge in [-0.2, -0.15) is 0 Å². The van der Waals surface area contributed by atoms with Crippen LogP contribution in [0.25, 0.3) is 0 Å². The molecule has 1 saturated carbocycles.